The zero-order chi connectivity index (χ0) is 8.97. The van der Waals surface area contributed by atoms with Gasteiger partial charge in [0.2, 0.25) is 0 Å². The van der Waals surface area contributed by atoms with Crippen molar-refractivity contribution in [1.82, 2.24) is 9.97 Å². The quantitative estimate of drug-likeness (QED) is 0.262. The summed E-state index contributed by atoms with van der Waals surface area (Å²) >= 11 is 1.23. The number of thioether (sulfide) groups is 1. The number of amidine groups is 1. The zero-order valence-electron chi connectivity index (χ0n) is 6.20. The summed E-state index contributed by atoms with van der Waals surface area (Å²) in [6.45, 7) is 0. The van der Waals surface area contributed by atoms with Gasteiger partial charge in [-0.1, -0.05) is 11.8 Å². The van der Waals surface area contributed by atoms with Crippen molar-refractivity contribution >= 4 is 17.6 Å². The third-order valence-electron chi connectivity index (χ3n) is 1.01. The molecule has 1 aromatic rings. The molecular formula is C6H8N4OS. The molecule has 1 rings (SSSR count). The van der Waals surface area contributed by atoms with E-state index in [1.54, 1.807) is 0 Å². The number of rotatable bonds is 3. The number of nitrogens with zero attached hydrogens (tertiary/aromatic N) is 1. The summed E-state index contributed by atoms with van der Waals surface area (Å²) in [5.41, 5.74) is 4.92. The third-order valence-corrected chi connectivity index (χ3v) is 1.95. The fraction of sp³-hybridized carbons (Fsp3) is 0.167. The maximum Gasteiger partial charge on any atom is 0.251 e. The number of aromatic amines is 1. The summed E-state index contributed by atoms with van der Waals surface area (Å²) in [5.74, 6) is 0.402. The van der Waals surface area contributed by atoms with Crippen LogP contribution in [0, 0.1) is 5.41 Å². The Morgan fingerprint density at radius 2 is 2.58 bits per heavy atom. The van der Waals surface area contributed by atoms with Crippen molar-refractivity contribution in [1.29, 1.82) is 5.41 Å². The second-order valence-corrected chi connectivity index (χ2v) is 3.02. The van der Waals surface area contributed by atoms with Crippen LogP contribution in [-0.2, 0) is 0 Å². The molecule has 0 aliphatic carbocycles. The second-order valence-electron chi connectivity index (χ2n) is 2.05. The molecule has 6 heteroatoms. The van der Waals surface area contributed by atoms with Crippen molar-refractivity contribution in [3.05, 3.63) is 22.6 Å². The molecule has 0 saturated heterocycles. The van der Waals surface area contributed by atoms with Crippen LogP contribution in [0.1, 0.15) is 0 Å². The van der Waals surface area contributed by atoms with E-state index in [-0.39, 0.29) is 11.4 Å². The van der Waals surface area contributed by atoms with Gasteiger partial charge in [-0.15, -0.1) is 0 Å². The number of nitrogens with two attached hydrogens (primary N) is 1. The molecule has 0 aliphatic heterocycles. The topological polar surface area (TPSA) is 95.6 Å². The van der Waals surface area contributed by atoms with Crippen LogP contribution in [0.5, 0.6) is 0 Å². The predicted octanol–water partition coefficient (Wildman–Crippen LogP) is -0.202. The largest absolute Gasteiger partial charge is 0.387 e. The molecular weight excluding hydrogens is 176 g/mol. The van der Waals surface area contributed by atoms with E-state index in [2.05, 4.69) is 9.97 Å². The van der Waals surface area contributed by atoms with Crippen molar-refractivity contribution < 1.29 is 0 Å². The van der Waals surface area contributed by atoms with Gasteiger partial charge in [-0.2, -0.15) is 0 Å². The predicted molar refractivity (Wildman–Crippen MR) is 47.5 cm³/mol. The van der Waals surface area contributed by atoms with Crippen LogP contribution in [0.25, 0.3) is 0 Å². The zero-order valence-corrected chi connectivity index (χ0v) is 7.02. The first-order valence-corrected chi connectivity index (χ1v) is 4.18. The lowest BCUT2D eigenvalue weighted by Crippen LogP contribution is -2.13. The van der Waals surface area contributed by atoms with Gasteiger partial charge in [-0.25, -0.2) is 4.98 Å². The molecule has 64 valence electrons. The highest BCUT2D eigenvalue weighted by Gasteiger charge is 1.96. The lowest BCUT2D eigenvalue weighted by molar-refractivity contribution is 0.938. The first-order valence-electron chi connectivity index (χ1n) is 3.19. The Morgan fingerprint density at radius 3 is 3.17 bits per heavy atom. The van der Waals surface area contributed by atoms with Gasteiger partial charge in [0.1, 0.15) is 5.84 Å². The summed E-state index contributed by atoms with van der Waals surface area (Å²) in [5, 5.41) is 7.42. The van der Waals surface area contributed by atoms with Gasteiger partial charge in [0, 0.05) is 12.3 Å². The van der Waals surface area contributed by atoms with Gasteiger partial charge in [-0.3, -0.25) is 10.2 Å². The number of hydrogen-bond donors (Lipinski definition) is 3. The first-order chi connectivity index (χ1) is 5.68. The molecule has 0 amide bonds. The highest BCUT2D eigenvalue weighted by Crippen LogP contribution is 2.07. The second kappa shape index (κ2) is 3.91. The average molecular weight is 184 g/mol. The molecule has 0 bridgehead atoms. The van der Waals surface area contributed by atoms with Gasteiger partial charge >= 0.3 is 0 Å². The van der Waals surface area contributed by atoms with E-state index in [0.29, 0.717) is 10.9 Å². The van der Waals surface area contributed by atoms with Crippen LogP contribution in [0.4, 0.5) is 0 Å². The van der Waals surface area contributed by atoms with Crippen LogP contribution >= 0.6 is 11.8 Å². The highest BCUT2D eigenvalue weighted by molar-refractivity contribution is 7.99. The maximum atomic E-state index is 10.7. The normalized spacial score (nSPS) is 9.67. The third kappa shape index (κ3) is 2.75. The fourth-order valence-corrected chi connectivity index (χ4v) is 1.17. The van der Waals surface area contributed by atoms with E-state index < -0.39 is 0 Å². The Labute approximate surface area is 72.9 Å². The molecule has 12 heavy (non-hydrogen) atoms. The standard InChI is InChI=1S/C6H8N4OS/c7-4(8)3-12-6-9-2-1-5(11)10-6/h1-2H,3H2,(H3,7,8)(H,9,10,11). The van der Waals surface area contributed by atoms with Crippen molar-refractivity contribution in [2.45, 2.75) is 5.16 Å². The molecule has 0 saturated carbocycles. The number of aromatic nitrogens is 2. The Balaban J connectivity index is 2.64. The van der Waals surface area contributed by atoms with Crippen LogP contribution in [-0.4, -0.2) is 21.6 Å². The molecule has 1 aromatic heterocycles. The van der Waals surface area contributed by atoms with Crippen LogP contribution in [0.15, 0.2) is 22.2 Å². The molecule has 0 aromatic carbocycles. The minimum absolute atomic E-state index is 0.0616. The van der Waals surface area contributed by atoms with E-state index in [1.807, 2.05) is 0 Å². The van der Waals surface area contributed by atoms with Crippen molar-refractivity contribution in [2.75, 3.05) is 5.75 Å². The van der Waals surface area contributed by atoms with Crippen LogP contribution < -0.4 is 11.3 Å². The molecule has 0 radical (unpaired) electrons. The van der Waals surface area contributed by atoms with Crippen LogP contribution in [0.2, 0.25) is 0 Å². The average Bonchev–Trinajstić information content (AvgIpc) is 2.01. The first kappa shape index (κ1) is 8.79. The van der Waals surface area contributed by atoms with E-state index in [1.165, 1.54) is 24.0 Å². The molecule has 4 N–H and O–H groups in total. The fourth-order valence-electron chi connectivity index (χ4n) is 0.571. The summed E-state index contributed by atoms with van der Waals surface area (Å²) in [7, 11) is 0. The Morgan fingerprint density at radius 1 is 1.83 bits per heavy atom. The highest BCUT2D eigenvalue weighted by atomic mass is 32.2. The molecule has 0 atom stereocenters. The van der Waals surface area contributed by atoms with E-state index >= 15 is 0 Å². The number of nitrogens with one attached hydrogen (secondary N) is 2. The maximum absolute atomic E-state index is 10.7. The monoisotopic (exact) mass is 184 g/mol. The lowest BCUT2D eigenvalue weighted by Gasteiger charge is -1.96. The summed E-state index contributed by atoms with van der Waals surface area (Å²) in [4.78, 5) is 17.1. The van der Waals surface area contributed by atoms with E-state index in [9.17, 15) is 4.79 Å². The SMILES string of the molecule is N=C(N)CSc1nccc(=O)[nH]1. The number of hydrogen-bond acceptors (Lipinski definition) is 4. The molecule has 0 spiro atoms. The molecule has 0 fully saturated rings. The molecule has 0 unspecified atom stereocenters. The van der Waals surface area contributed by atoms with Crippen molar-refractivity contribution in [2.24, 2.45) is 5.73 Å². The Kier molecular flexibility index (Phi) is 2.87. The van der Waals surface area contributed by atoms with Gasteiger partial charge in [-0.05, 0) is 0 Å². The van der Waals surface area contributed by atoms with Gasteiger partial charge < -0.3 is 10.7 Å². The minimum Gasteiger partial charge on any atom is -0.387 e. The molecule has 5 nitrogen and oxygen atoms in total. The van der Waals surface area contributed by atoms with Gasteiger partial charge in [0.15, 0.2) is 5.16 Å². The Bertz CT molecular complexity index is 334. The molecule has 1 heterocycles. The molecule has 0 aliphatic rings. The van der Waals surface area contributed by atoms with E-state index in [4.69, 9.17) is 11.1 Å². The van der Waals surface area contributed by atoms with Crippen molar-refractivity contribution in [3.8, 4) is 0 Å². The van der Waals surface area contributed by atoms with Crippen LogP contribution in [0.3, 0.4) is 0 Å². The minimum atomic E-state index is -0.198. The van der Waals surface area contributed by atoms with E-state index in [0.717, 1.165) is 0 Å². The van der Waals surface area contributed by atoms with Gasteiger partial charge in [0.25, 0.3) is 5.56 Å². The lowest BCUT2D eigenvalue weighted by atomic mass is 10.7. The Hall–Kier alpha value is -1.30. The summed E-state index contributed by atoms with van der Waals surface area (Å²) in [6.07, 6.45) is 1.42. The smallest absolute Gasteiger partial charge is 0.251 e. The van der Waals surface area contributed by atoms with Crippen molar-refractivity contribution in [3.63, 3.8) is 0 Å². The van der Waals surface area contributed by atoms with Gasteiger partial charge in [0.05, 0.1) is 5.75 Å². The number of H-pyrrole nitrogens is 1. The summed E-state index contributed by atoms with van der Waals surface area (Å²) in [6, 6.07) is 1.33. The summed E-state index contributed by atoms with van der Waals surface area (Å²) < 4.78 is 0.